The molecule has 19 heavy (non-hydrogen) atoms. The number of benzene rings is 1. The van der Waals surface area contributed by atoms with Crippen molar-refractivity contribution in [1.82, 2.24) is 24.4 Å². The molecule has 0 aliphatic rings. The summed E-state index contributed by atoms with van der Waals surface area (Å²) in [5.41, 5.74) is 3.18. The zero-order valence-electron chi connectivity index (χ0n) is 10.1. The molecular formula is C12H12N6S. The van der Waals surface area contributed by atoms with Gasteiger partial charge in [-0.15, -0.1) is 5.10 Å². The monoisotopic (exact) mass is 272 g/mol. The normalized spacial score (nSPS) is 10.5. The number of aromatic nitrogens is 5. The van der Waals surface area contributed by atoms with Crippen LogP contribution in [0.3, 0.4) is 0 Å². The molecule has 0 radical (unpaired) electrons. The van der Waals surface area contributed by atoms with Gasteiger partial charge in [0.1, 0.15) is 12.7 Å². The minimum Gasteiger partial charge on any atom is -0.379 e. The molecule has 0 aliphatic heterocycles. The summed E-state index contributed by atoms with van der Waals surface area (Å²) in [5.74, 6) is 0. The van der Waals surface area contributed by atoms with Crippen molar-refractivity contribution < 1.29 is 0 Å². The number of hydrogen-bond donors (Lipinski definition) is 1. The van der Waals surface area contributed by atoms with Crippen LogP contribution >= 0.6 is 11.5 Å². The van der Waals surface area contributed by atoms with E-state index in [0.29, 0.717) is 13.1 Å². The van der Waals surface area contributed by atoms with Crippen LogP contribution in [0.4, 0.5) is 5.69 Å². The Kier molecular flexibility index (Phi) is 3.46. The molecule has 6 nitrogen and oxygen atoms in total. The molecule has 0 aliphatic carbocycles. The van der Waals surface area contributed by atoms with Gasteiger partial charge in [0.15, 0.2) is 0 Å². The average molecular weight is 272 g/mol. The lowest BCUT2D eigenvalue weighted by atomic mass is 10.2. The molecule has 0 saturated carbocycles. The van der Waals surface area contributed by atoms with Crippen LogP contribution in [0, 0.1) is 0 Å². The number of hydrogen-bond acceptors (Lipinski definition) is 6. The fourth-order valence-electron chi connectivity index (χ4n) is 1.73. The van der Waals surface area contributed by atoms with E-state index in [2.05, 4.69) is 37.1 Å². The number of rotatable bonds is 5. The average Bonchev–Trinajstić information content (AvgIpc) is 3.10. The van der Waals surface area contributed by atoms with E-state index in [9.17, 15) is 0 Å². The Morgan fingerprint density at radius 1 is 1.32 bits per heavy atom. The second-order valence-electron chi connectivity index (χ2n) is 4.04. The van der Waals surface area contributed by atoms with Crippen molar-refractivity contribution in [2.75, 3.05) is 5.32 Å². The van der Waals surface area contributed by atoms with Gasteiger partial charge in [-0.1, -0.05) is 16.6 Å². The van der Waals surface area contributed by atoms with E-state index in [-0.39, 0.29) is 0 Å². The smallest absolute Gasteiger partial charge is 0.137 e. The Morgan fingerprint density at radius 3 is 3.11 bits per heavy atom. The molecule has 2 aromatic heterocycles. The van der Waals surface area contributed by atoms with Crippen LogP contribution in [0.5, 0.6) is 0 Å². The van der Waals surface area contributed by atoms with Crippen molar-refractivity contribution in [3.05, 3.63) is 53.6 Å². The van der Waals surface area contributed by atoms with E-state index in [1.807, 2.05) is 17.5 Å². The molecule has 3 rings (SSSR count). The predicted molar refractivity (Wildman–Crippen MR) is 72.8 cm³/mol. The lowest BCUT2D eigenvalue weighted by molar-refractivity contribution is 0.685. The first kappa shape index (κ1) is 11.8. The van der Waals surface area contributed by atoms with E-state index < -0.39 is 0 Å². The molecule has 0 unspecified atom stereocenters. The van der Waals surface area contributed by atoms with Gasteiger partial charge in [0.2, 0.25) is 0 Å². The largest absolute Gasteiger partial charge is 0.379 e. The summed E-state index contributed by atoms with van der Waals surface area (Å²) in [6.45, 7) is 1.40. The van der Waals surface area contributed by atoms with Crippen molar-refractivity contribution in [2.45, 2.75) is 13.1 Å². The Bertz CT molecular complexity index is 619. The van der Waals surface area contributed by atoms with Crippen molar-refractivity contribution in [1.29, 1.82) is 0 Å². The molecule has 1 N–H and O–H groups in total. The van der Waals surface area contributed by atoms with Crippen molar-refractivity contribution in [2.24, 2.45) is 0 Å². The number of nitrogens with zero attached hydrogens (tertiary/aromatic N) is 5. The van der Waals surface area contributed by atoms with Crippen LogP contribution in [0.25, 0.3) is 0 Å². The minimum absolute atomic E-state index is 0.684. The predicted octanol–water partition coefficient (Wildman–Crippen LogP) is 1.79. The summed E-state index contributed by atoms with van der Waals surface area (Å²) >= 11 is 1.36. The molecule has 2 heterocycles. The summed E-state index contributed by atoms with van der Waals surface area (Å²) in [7, 11) is 0. The summed E-state index contributed by atoms with van der Waals surface area (Å²) < 4.78 is 5.63. The molecule has 1 aromatic carbocycles. The van der Waals surface area contributed by atoms with Gasteiger partial charge in [-0.2, -0.15) is 5.10 Å². The van der Waals surface area contributed by atoms with Crippen LogP contribution in [-0.2, 0) is 13.1 Å². The fourth-order valence-corrected chi connectivity index (χ4v) is 2.19. The van der Waals surface area contributed by atoms with Gasteiger partial charge in [-0.05, 0) is 29.2 Å². The van der Waals surface area contributed by atoms with Crippen LogP contribution in [-0.4, -0.2) is 24.4 Å². The molecule has 0 fully saturated rings. The maximum absolute atomic E-state index is 4.10. The summed E-state index contributed by atoms with van der Waals surface area (Å²) in [5, 5.41) is 13.4. The number of nitrogens with one attached hydrogen (secondary N) is 1. The molecule has 0 spiro atoms. The topological polar surface area (TPSA) is 68.5 Å². The van der Waals surface area contributed by atoms with Gasteiger partial charge in [-0.25, -0.2) is 9.67 Å². The van der Waals surface area contributed by atoms with Gasteiger partial charge in [-0.3, -0.25) is 0 Å². The van der Waals surface area contributed by atoms with E-state index in [0.717, 1.165) is 11.4 Å². The first-order chi connectivity index (χ1) is 9.40. The first-order valence-electron chi connectivity index (χ1n) is 5.81. The van der Waals surface area contributed by atoms with E-state index in [1.54, 1.807) is 11.0 Å². The van der Waals surface area contributed by atoms with Crippen LogP contribution in [0.15, 0.2) is 42.3 Å². The quantitative estimate of drug-likeness (QED) is 0.767. The summed E-state index contributed by atoms with van der Waals surface area (Å²) in [6.07, 6.45) is 3.25. The third-order valence-corrected chi connectivity index (χ3v) is 3.17. The Hall–Kier alpha value is -2.28. The van der Waals surface area contributed by atoms with Crippen molar-refractivity contribution >= 4 is 17.2 Å². The third-order valence-electron chi connectivity index (χ3n) is 2.62. The fraction of sp³-hybridized carbons (Fsp3) is 0.167. The van der Waals surface area contributed by atoms with Gasteiger partial charge in [0, 0.05) is 11.1 Å². The molecule has 7 heteroatoms. The molecule has 0 atom stereocenters. The highest BCUT2D eigenvalue weighted by molar-refractivity contribution is 7.03. The maximum atomic E-state index is 4.10. The molecule has 0 saturated heterocycles. The van der Waals surface area contributed by atoms with Crippen LogP contribution in [0.1, 0.15) is 11.3 Å². The van der Waals surface area contributed by atoms with Gasteiger partial charge in [0.25, 0.3) is 0 Å². The van der Waals surface area contributed by atoms with E-state index in [1.165, 1.54) is 23.4 Å². The second kappa shape index (κ2) is 5.57. The highest BCUT2D eigenvalue weighted by Crippen LogP contribution is 2.12. The van der Waals surface area contributed by atoms with Crippen LogP contribution in [0.2, 0.25) is 0 Å². The Labute approximate surface area is 114 Å². The van der Waals surface area contributed by atoms with Crippen molar-refractivity contribution in [3.63, 3.8) is 0 Å². The van der Waals surface area contributed by atoms with E-state index in [4.69, 9.17) is 0 Å². The zero-order chi connectivity index (χ0) is 12.9. The second-order valence-corrected chi connectivity index (χ2v) is 4.65. The van der Waals surface area contributed by atoms with Gasteiger partial charge in [0.05, 0.1) is 18.8 Å². The maximum Gasteiger partial charge on any atom is 0.137 e. The van der Waals surface area contributed by atoms with Crippen LogP contribution < -0.4 is 5.32 Å². The third kappa shape index (κ3) is 3.14. The Balaban J connectivity index is 1.66. The van der Waals surface area contributed by atoms with E-state index >= 15 is 0 Å². The van der Waals surface area contributed by atoms with Gasteiger partial charge >= 0.3 is 0 Å². The van der Waals surface area contributed by atoms with Gasteiger partial charge < -0.3 is 5.32 Å². The zero-order valence-corrected chi connectivity index (χ0v) is 10.9. The Morgan fingerprint density at radius 2 is 2.32 bits per heavy atom. The lowest BCUT2D eigenvalue weighted by Crippen LogP contribution is -2.03. The molecule has 3 aromatic rings. The highest BCUT2D eigenvalue weighted by atomic mass is 32.1. The molecule has 0 amide bonds. The first-order valence-corrected chi connectivity index (χ1v) is 6.65. The minimum atomic E-state index is 0.684. The standard InChI is InChI=1S/C12H12N6S/c1-2-10(6-18-9-13-8-15-18)4-11(3-1)14-5-12-7-19-17-16-12/h1-4,7-9,14H,5-6H2. The SMILES string of the molecule is c1cc(Cn2cncn2)cc(NCc2csnn2)c1. The summed E-state index contributed by atoms with van der Waals surface area (Å²) in [6, 6.07) is 8.22. The number of anilines is 1. The summed E-state index contributed by atoms with van der Waals surface area (Å²) in [4.78, 5) is 3.93. The lowest BCUT2D eigenvalue weighted by Gasteiger charge is -2.07. The molecular weight excluding hydrogens is 260 g/mol. The van der Waals surface area contributed by atoms with Crippen molar-refractivity contribution in [3.8, 4) is 0 Å². The molecule has 96 valence electrons. The molecule has 0 bridgehead atoms. The highest BCUT2D eigenvalue weighted by Gasteiger charge is 2.00.